The summed E-state index contributed by atoms with van der Waals surface area (Å²) < 4.78 is 5.57. The van der Waals surface area contributed by atoms with E-state index in [0.717, 1.165) is 58.3 Å². The Hall–Kier alpha value is -0.510. The van der Waals surface area contributed by atoms with E-state index in [1.54, 1.807) is 0 Å². The first-order valence-corrected chi connectivity index (χ1v) is 11.8. The number of aliphatic imine (C=N–C) groups is 1. The Bertz CT molecular complexity index is 638. The van der Waals surface area contributed by atoms with Crippen molar-refractivity contribution in [3.63, 3.8) is 0 Å². The summed E-state index contributed by atoms with van der Waals surface area (Å²) in [6.45, 7) is 12.9. The Kier molecular flexibility index (Phi) is 10.6. The molecule has 0 aromatic heterocycles. The Balaban J connectivity index is 0.00000300. The second-order valence-corrected chi connectivity index (χ2v) is 9.10. The van der Waals surface area contributed by atoms with Gasteiger partial charge in [0.2, 0.25) is 0 Å². The number of nitrogens with one attached hydrogen (secondary N) is 2. The van der Waals surface area contributed by atoms with Crippen LogP contribution in [-0.2, 0) is 11.2 Å². The van der Waals surface area contributed by atoms with Crippen LogP contribution in [0.2, 0.25) is 0 Å². The maximum atomic E-state index is 5.57. The maximum absolute atomic E-state index is 5.57. The fraction of sp³-hybridized carbons (Fsp3) is 0.682. The van der Waals surface area contributed by atoms with Gasteiger partial charge in [-0.15, -0.1) is 24.0 Å². The average molecular weight is 533 g/mol. The lowest BCUT2D eigenvalue weighted by Crippen LogP contribution is -2.56. The van der Waals surface area contributed by atoms with Crippen molar-refractivity contribution in [2.45, 2.75) is 39.2 Å². The van der Waals surface area contributed by atoms with Gasteiger partial charge in [0.05, 0.1) is 25.3 Å². The minimum Gasteiger partial charge on any atom is -0.379 e. The first-order valence-electron chi connectivity index (χ1n) is 10.6. The van der Waals surface area contributed by atoms with E-state index in [9.17, 15) is 0 Å². The number of morpholine rings is 1. The lowest BCUT2D eigenvalue weighted by atomic mass is 9.96. The average Bonchev–Trinajstić information content (AvgIpc) is 3.16. The highest BCUT2D eigenvalue weighted by Gasteiger charge is 2.40. The third-order valence-corrected chi connectivity index (χ3v) is 6.86. The fourth-order valence-electron chi connectivity index (χ4n) is 4.21. The van der Waals surface area contributed by atoms with Crippen molar-refractivity contribution in [2.24, 2.45) is 4.99 Å². The van der Waals surface area contributed by atoms with Crippen molar-refractivity contribution in [3.05, 3.63) is 34.9 Å². The van der Waals surface area contributed by atoms with Gasteiger partial charge in [0.25, 0.3) is 0 Å². The molecule has 164 valence electrons. The summed E-state index contributed by atoms with van der Waals surface area (Å²) in [6, 6.07) is 6.79. The van der Waals surface area contributed by atoms with Gasteiger partial charge in [-0.1, -0.05) is 29.3 Å². The molecule has 2 aliphatic heterocycles. The van der Waals surface area contributed by atoms with Gasteiger partial charge in [0.15, 0.2) is 5.96 Å². The number of halogens is 1. The standard InChI is InChI=1S/C22H36N4OS.HI/c1-4-23-21(24-7-5-20-14-18(2)13-19(3)15-20)25-16-22(6-12-28-17-22)26-8-10-27-11-9-26;/h13-15H,4-12,16-17H2,1-3H3,(H2,23,24,25);1H. The Labute approximate surface area is 197 Å². The van der Waals surface area contributed by atoms with Gasteiger partial charge in [-0.2, -0.15) is 11.8 Å². The largest absolute Gasteiger partial charge is 0.379 e. The fourth-order valence-corrected chi connectivity index (χ4v) is 5.68. The molecule has 1 unspecified atom stereocenters. The summed E-state index contributed by atoms with van der Waals surface area (Å²) in [4.78, 5) is 7.63. The quantitative estimate of drug-likeness (QED) is 0.321. The first kappa shape index (κ1) is 24.8. The van der Waals surface area contributed by atoms with E-state index < -0.39 is 0 Å². The van der Waals surface area contributed by atoms with Crippen molar-refractivity contribution in [1.29, 1.82) is 0 Å². The molecule has 7 heteroatoms. The highest BCUT2D eigenvalue weighted by molar-refractivity contribution is 14.0. The van der Waals surface area contributed by atoms with E-state index in [2.05, 4.69) is 66.3 Å². The van der Waals surface area contributed by atoms with Crippen LogP contribution in [0, 0.1) is 13.8 Å². The molecule has 0 radical (unpaired) electrons. The van der Waals surface area contributed by atoms with Crippen molar-refractivity contribution < 1.29 is 4.74 Å². The molecule has 0 aliphatic carbocycles. The van der Waals surface area contributed by atoms with E-state index in [0.29, 0.717) is 0 Å². The predicted octanol–water partition coefficient (Wildman–Crippen LogP) is 3.23. The van der Waals surface area contributed by atoms with Gasteiger partial charge in [0, 0.05) is 31.9 Å². The van der Waals surface area contributed by atoms with Gasteiger partial charge < -0.3 is 15.4 Å². The monoisotopic (exact) mass is 532 g/mol. The summed E-state index contributed by atoms with van der Waals surface area (Å²) >= 11 is 2.06. The Morgan fingerprint density at radius 1 is 1.17 bits per heavy atom. The molecule has 0 spiro atoms. The zero-order chi connectivity index (χ0) is 19.8. The van der Waals surface area contributed by atoms with Gasteiger partial charge in [-0.3, -0.25) is 9.89 Å². The predicted molar refractivity (Wildman–Crippen MR) is 136 cm³/mol. The van der Waals surface area contributed by atoms with Gasteiger partial charge in [-0.05, 0) is 44.9 Å². The van der Waals surface area contributed by atoms with Crippen LogP contribution in [0.25, 0.3) is 0 Å². The molecule has 3 rings (SSSR count). The molecular weight excluding hydrogens is 495 g/mol. The van der Waals surface area contributed by atoms with Crippen LogP contribution in [-0.4, -0.2) is 73.8 Å². The molecule has 0 saturated carbocycles. The number of hydrogen-bond acceptors (Lipinski definition) is 4. The van der Waals surface area contributed by atoms with E-state index in [4.69, 9.17) is 9.73 Å². The van der Waals surface area contributed by atoms with E-state index in [1.165, 1.54) is 34.6 Å². The van der Waals surface area contributed by atoms with Crippen LogP contribution in [0.4, 0.5) is 0 Å². The van der Waals surface area contributed by atoms with Gasteiger partial charge >= 0.3 is 0 Å². The zero-order valence-corrected chi connectivity index (χ0v) is 21.3. The molecule has 2 N–H and O–H groups in total. The lowest BCUT2D eigenvalue weighted by molar-refractivity contribution is -0.0104. The van der Waals surface area contributed by atoms with Gasteiger partial charge in [-0.25, -0.2) is 0 Å². The summed E-state index contributed by atoms with van der Waals surface area (Å²) in [5, 5.41) is 6.97. The molecule has 2 saturated heterocycles. The highest BCUT2D eigenvalue weighted by Crippen LogP contribution is 2.34. The first-order chi connectivity index (χ1) is 13.6. The minimum absolute atomic E-state index is 0. The molecule has 1 aromatic rings. The molecule has 2 heterocycles. The zero-order valence-electron chi connectivity index (χ0n) is 18.1. The number of hydrogen-bond donors (Lipinski definition) is 2. The molecule has 1 atom stereocenters. The van der Waals surface area contributed by atoms with Crippen molar-refractivity contribution in [2.75, 3.05) is 57.4 Å². The number of ether oxygens (including phenoxy) is 1. The molecule has 29 heavy (non-hydrogen) atoms. The molecule has 5 nitrogen and oxygen atoms in total. The number of aryl methyl sites for hydroxylation is 2. The molecule has 2 aliphatic rings. The van der Waals surface area contributed by atoms with Crippen molar-refractivity contribution >= 4 is 41.7 Å². The van der Waals surface area contributed by atoms with Crippen molar-refractivity contribution in [1.82, 2.24) is 15.5 Å². The van der Waals surface area contributed by atoms with Crippen LogP contribution >= 0.6 is 35.7 Å². The summed E-state index contributed by atoms with van der Waals surface area (Å²) in [5.74, 6) is 3.36. The van der Waals surface area contributed by atoms with Crippen LogP contribution < -0.4 is 10.6 Å². The second-order valence-electron chi connectivity index (χ2n) is 7.99. The summed E-state index contributed by atoms with van der Waals surface area (Å²) in [5.41, 5.74) is 4.26. The Morgan fingerprint density at radius 2 is 1.90 bits per heavy atom. The molecular formula is C22H37IN4OS. The number of thioether (sulfide) groups is 1. The molecule has 1 aromatic carbocycles. The normalized spacial score (nSPS) is 22.9. The van der Waals surface area contributed by atoms with Crippen LogP contribution in [0.5, 0.6) is 0 Å². The van der Waals surface area contributed by atoms with E-state index >= 15 is 0 Å². The van der Waals surface area contributed by atoms with E-state index in [-0.39, 0.29) is 29.5 Å². The molecule has 2 fully saturated rings. The summed E-state index contributed by atoms with van der Waals surface area (Å²) in [7, 11) is 0. The second kappa shape index (κ2) is 12.4. The molecule has 0 bridgehead atoms. The maximum Gasteiger partial charge on any atom is 0.191 e. The number of nitrogens with zero attached hydrogens (tertiary/aromatic N) is 2. The smallest absolute Gasteiger partial charge is 0.191 e. The van der Waals surface area contributed by atoms with Crippen LogP contribution in [0.3, 0.4) is 0 Å². The lowest BCUT2D eigenvalue weighted by Gasteiger charge is -2.42. The van der Waals surface area contributed by atoms with Gasteiger partial charge in [0.1, 0.15) is 0 Å². The van der Waals surface area contributed by atoms with Crippen molar-refractivity contribution in [3.8, 4) is 0 Å². The van der Waals surface area contributed by atoms with Crippen LogP contribution in [0.15, 0.2) is 23.2 Å². The topological polar surface area (TPSA) is 48.9 Å². The Morgan fingerprint density at radius 3 is 2.52 bits per heavy atom. The SMILES string of the molecule is CCNC(=NCC1(N2CCOCC2)CCSC1)NCCc1cc(C)cc(C)c1.I. The highest BCUT2D eigenvalue weighted by atomic mass is 127. The minimum atomic E-state index is 0. The third kappa shape index (κ3) is 7.29. The van der Waals surface area contributed by atoms with E-state index in [1.807, 2.05) is 0 Å². The number of rotatable bonds is 7. The summed E-state index contributed by atoms with van der Waals surface area (Å²) in [6.07, 6.45) is 2.24. The molecule has 0 amide bonds. The number of benzene rings is 1. The number of guanidine groups is 1. The van der Waals surface area contributed by atoms with Crippen LogP contribution in [0.1, 0.15) is 30.0 Å². The third-order valence-electron chi connectivity index (χ3n) is 5.63.